The van der Waals surface area contributed by atoms with Gasteiger partial charge >= 0.3 is 5.69 Å². The number of nitrogens with one attached hydrogen (secondary N) is 1. The van der Waals surface area contributed by atoms with Crippen molar-refractivity contribution in [3.63, 3.8) is 0 Å². The number of H-pyrrole nitrogens is 1. The first kappa shape index (κ1) is 29.3. The van der Waals surface area contributed by atoms with E-state index in [9.17, 15) is 14.7 Å². The highest BCUT2D eigenvalue weighted by Gasteiger charge is 2.43. The van der Waals surface area contributed by atoms with E-state index in [0.717, 1.165) is 42.4 Å². The number of aromatic hydroxyl groups is 1. The molecule has 1 amide bonds. The number of piperidine rings is 1. The molecule has 9 nitrogen and oxygen atoms in total. The topological polar surface area (TPSA) is 143 Å². The van der Waals surface area contributed by atoms with Crippen molar-refractivity contribution in [2.24, 2.45) is 16.5 Å². The largest absolute Gasteiger partial charge is 0.493 e. The van der Waals surface area contributed by atoms with Gasteiger partial charge in [-0.1, -0.05) is 78.9 Å². The number of aromatic amines is 1. The standard InChI is InChI=1S/C35H40N6O3/c36-33(37)38-20-6-11-29-31(42)41(34(44)39-29)30(23-24-12-14-26(15-13-24)25-7-2-1-3-8-25)32(43)40-21-18-35(19-22-40)17-16-27-9-4-5-10-28(27)35/h1-5,7-10,12-15,30,42H,6,11,16-23H2,(H,39,44)(H4,36,37,38)/t30-/m1/s1. The minimum absolute atomic E-state index is 0.00590. The van der Waals surface area contributed by atoms with Crippen LogP contribution in [-0.4, -0.2) is 51.1 Å². The summed E-state index contributed by atoms with van der Waals surface area (Å²) in [5.74, 6) is -0.368. The Morgan fingerprint density at radius 3 is 2.34 bits per heavy atom. The summed E-state index contributed by atoms with van der Waals surface area (Å²) in [5.41, 5.74) is 16.7. The van der Waals surface area contributed by atoms with E-state index in [2.05, 4.69) is 46.4 Å². The third-order valence-corrected chi connectivity index (χ3v) is 9.43. The molecule has 1 fully saturated rings. The van der Waals surface area contributed by atoms with Crippen LogP contribution in [0.4, 0.5) is 0 Å². The number of nitrogens with zero attached hydrogens (tertiary/aromatic N) is 3. The fourth-order valence-corrected chi connectivity index (χ4v) is 7.04. The van der Waals surface area contributed by atoms with E-state index in [-0.39, 0.29) is 29.6 Å². The number of aliphatic imine (C=N–C) groups is 1. The second-order valence-electron chi connectivity index (χ2n) is 12.1. The molecule has 0 saturated carbocycles. The molecule has 2 aliphatic rings. The molecule has 1 atom stereocenters. The van der Waals surface area contributed by atoms with Crippen molar-refractivity contribution in [1.29, 1.82) is 0 Å². The molecule has 9 heteroatoms. The van der Waals surface area contributed by atoms with E-state index in [0.29, 0.717) is 38.2 Å². The fraction of sp³-hybridized carbons (Fsp3) is 0.343. The molecule has 1 spiro atoms. The Morgan fingerprint density at radius 1 is 0.932 bits per heavy atom. The average molecular weight is 593 g/mol. The minimum Gasteiger partial charge on any atom is -0.493 e. The lowest BCUT2D eigenvalue weighted by atomic mass is 9.74. The number of rotatable bonds is 9. The zero-order chi connectivity index (χ0) is 30.7. The maximum atomic E-state index is 14.3. The van der Waals surface area contributed by atoms with Gasteiger partial charge in [0.15, 0.2) is 5.96 Å². The van der Waals surface area contributed by atoms with Crippen LogP contribution in [-0.2, 0) is 29.5 Å². The van der Waals surface area contributed by atoms with Gasteiger partial charge in [-0.25, -0.2) is 4.79 Å². The van der Waals surface area contributed by atoms with Gasteiger partial charge in [0.05, 0.1) is 5.69 Å². The highest BCUT2D eigenvalue weighted by Crippen LogP contribution is 2.46. The van der Waals surface area contributed by atoms with Gasteiger partial charge < -0.3 is 26.5 Å². The van der Waals surface area contributed by atoms with Crippen LogP contribution in [0, 0.1) is 0 Å². The van der Waals surface area contributed by atoms with E-state index >= 15 is 0 Å². The molecule has 6 rings (SSSR count). The summed E-state index contributed by atoms with van der Waals surface area (Å²) in [5, 5.41) is 11.3. The minimum atomic E-state index is -0.891. The molecule has 0 radical (unpaired) electrons. The molecule has 1 aliphatic heterocycles. The van der Waals surface area contributed by atoms with Crippen molar-refractivity contribution in [3.05, 3.63) is 112 Å². The Labute approximate surface area is 257 Å². The quantitative estimate of drug-likeness (QED) is 0.132. The van der Waals surface area contributed by atoms with E-state index in [1.54, 1.807) is 0 Å². The maximum absolute atomic E-state index is 14.3. The number of hydrogen-bond acceptors (Lipinski definition) is 4. The lowest BCUT2D eigenvalue weighted by Crippen LogP contribution is -2.48. The van der Waals surface area contributed by atoms with Crippen molar-refractivity contribution in [1.82, 2.24) is 14.5 Å². The SMILES string of the molecule is NC(N)=NCCCc1[nH]c(=O)n([C@H](Cc2ccc(-c3ccccc3)cc2)C(=O)N2CCC3(CCc4ccccc43)CC2)c1O. The van der Waals surface area contributed by atoms with Crippen molar-refractivity contribution < 1.29 is 9.90 Å². The number of guanidine groups is 1. The van der Waals surface area contributed by atoms with Crippen molar-refractivity contribution in [2.45, 2.75) is 56.4 Å². The number of carbonyl (C=O) groups excluding carboxylic acids is 1. The molecular formula is C35H40N6O3. The number of imidazole rings is 1. The normalized spacial score (nSPS) is 16.0. The van der Waals surface area contributed by atoms with Crippen LogP contribution in [0.2, 0.25) is 0 Å². The lowest BCUT2D eigenvalue weighted by Gasteiger charge is -2.41. The average Bonchev–Trinajstić information content (AvgIpc) is 3.54. The number of aromatic nitrogens is 2. The zero-order valence-electron chi connectivity index (χ0n) is 24.9. The molecule has 4 aromatic rings. The highest BCUT2D eigenvalue weighted by atomic mass is 16.3. The second-order valence-corrected chi connectivity index (χ2v) is 12.1. The third-order valence-electron chi connectivity index (χ3n) is 9.43. The van der Waals surface area contributed by atoms with Gasteiger partial charge in [0.1, 0.15) is 6.04 Å². The zero-order valence-corrected chi connectivity index (χ0v) is 24.9. The van der Waals surface area contributed by atoms with Crippen LogP contribution < -0.4 is 17.2 Å². The monoisotopic (exact) mass is 592 g/mol. The molecule has 1 aromatic heterocycles. The molecule has 228 valence electrons. The number of benzene rings is 3. The predicted octanol–water partition coefficient (Wildman–Crippen LogP) is 4.05. The first-order valence-electron chi connectivity index (χ1n) is 15.4. The summed E-state index contributed by atoms with van der Waals surface area (Å²) in [7, 11) is 0. The van der Waals surface area contributed by atoms with E-state index in [1.807, 2.05) is 47.4 Å². The van der Waals surface area contributed by atoms with Gasteiger partial charge in [0.2, 0.25) is 11.8 Å². The lowest BCUT2D eigenvalue weighted by molar-refractivity contribution is -0.136. The van der Waals surface area contributed by atoms with E-state index in [1.165, 1.54) is 15.7 Å². The van der Waals surface area contributed by atoms with E-state index in [4.69, 9.17) is 11.5 Å². The van der Waals surface area contributed by atoms with Gasteiger partial charge in [-0.2, -0.15) is 0 Å². The molecule has 3 aromatic carbocycles. The summed E-state index contributed by atoms with van der Waals surface area (Å²) in [6.07, 6.45) is 5.12. The Morgan fingerprint density at radius 2 is 1.61 bits per heavy atom. The fourth-order valence-electron chi connectivity index (χ4n) is 7.04. The molecule has 1 aliphatic carbocycles. The summed E-state index contributed by atoms with van der Waals surface area (Å²) in [4.78, 5) is 36.2. The maximum Gasteiger partial charge on any atom is 0.329 e. The Balaban J connectivity index is 1.26. The number of carbonyl (C=O) groups is 1. The van der Waals surface area contributed by atoms with Gasteiger partial charge in [0.25, 0.3) is 0 Å². The second kappa shape index (κ2) is 12.4. The Kier molecular flexibility index (Phi) is 8.28. The first-order valence-corrected chi connectivity index (χ1v) is 15.4. The van der Waals surface area contributed by atoms with Crippen LogP contribution >= 0.6 is 0 Å². The molecule has 0 bridgehead atoms. The van der Waals surface area contributed by atoms with Crippen LogP contribution in [0.25, 0.3) is 11.1 Å². The Bertz CT molecular complexity index is 1690. The summed E-state index contributed by atoms with van der Waals surface area (Å²) < 4.78 is 1.23. The van der Waals surface area contributed by atoms with Crippen LogP contribution in [0.1, 0.15) is 54.1 Å². The molecule has 2 heterocycles. The molecule has 0 unspecified atom stereocenters. The van der Waals surface area contributed by atoms with Gasteiger partial charge in [0, 0.05) is 26.1 Å². The molecule has 44 heavy (non-hydrogen) atoms. The van der Waals surface area contributed by atoms with Crippen molar-refractivity contribution in [2.75, 3.05) is 19.6 Å². The number of likely N-dealkylation sites (tertiary alicyclic amines) is 1. The summed E-state index contributed by atoms with van der Waals surface area (Å²) in [6.45, 7) is 1.59. The Hall–Kier alpha value is -4.79. The van der Waals surface area contributed by atoms with Crippen molar-refractivity contribution >= 4 is 11.9 Å². The summed E-state index contributed by atoms with van der Waals surface area (Å²) >= 11 is 0. The van der Waals surface area contributed by atoms with Crippen LogP contribution in [0.3, 0.4) is 0 Å². The van der Waals surface area contributed by atoms with Crippen LogP contribution in [0.15, 0.2) is 88.6 Å². The number of amides is 1. The van der Waals surface area contributed by atoms with E-state index < -0.39 is 11.7 Å². The first-order chi connectivity index (χ1) is 21.3. The van der Waals surface area contributed by atoms with Crippen molar-refractivity contribution in [3.8, 4) is 17.0 Å². The number of hydrogen-bond donors (Lipinski definition) is 4. The summed E-state index contributed by atoms with van der Waals surface area (Å²) in [6, 6.07) is 25.9. The molecular weight excluding hydrogens is 552 g/mol. The predicted molar refractivity (Wildman–Crippen MR) is 173 cm³/mol. The van der Waals surface area contributed by atoms with Gasteiger partial charge in [-0.15, -0.1) is 0 Å². The molecule has 1 saturated heterocycles. The smallest absolute Gasteiger partial charge is 0.329 e. The highest BCUT2D eigenvalue weighted by molar-refractivity contribution is 5.81. The number of aryl methyl sites for hydroxylation is 2. The number of fused-ring (bicyclic) bond motifs is 2. The van der Waals surface area contributed by atoms with Crippen LogP contribution in [0.5, 0.6) is 5.88 Å². The third kappa shape index (κ3) is 5.86. The number of nitrogens with two attached hydrogens (primary N) is 2. The molecule has 6 N–H and O–H groups in total. The van der Waals surface area contributed by atoms with Gasteiger partial charge in [-0.05, 0) is 71.8 Å². The van der Waals surface area contributed by atoms with Gasteiger partial charge in [-0.3, -0.25) is 14.4 Å².